The Bertz CT molecular complexity index is 360. The number of halogens is 4. The molecule has 0 saturated heterocycles. The van der Waals surface area contributed by atoms with Gasteiger partial charge in [-0.15, -0.1) is 30.6 Å². The monoisotopic (exact) mass is 436 g/mol. The zero-order chi connectivity index (χ0) is 16.3. The van der Waals surface area contributed by atoms with E-state index in [1.165, 1.54) is 4.90 Å². The molecule has 0 aliphatic heterocycles. The van der Waals surface area contributed by atoms with Gasteiger partial charge in [-0.25, -0.2) is 4.99 Å². The van der Waals surface area contributed by atoms with E-state index in [1.807, 2.05) is 0 Å². The van der Waals surface area contributed by atoms with Crippen molar-refractivity contribution < 1.29 is 18.0 Å². The topological polar surface area (TPSA) is 56.7 Å². The lowest BCUT2D eigenvalue weighted by molar-refractivity contribution is -0.135. The Morgan fingerprint density at radius 2 is 1.91 bits per heavy atom. The molecule has 0 aromatic rings. The highest BCUT2D eigenvalue weighted by Gasteiger charge is 2.25. The second-order valence-electron chi connectivity index (χ2n) is 4.62. The van der Waals surface area contributed by atoms with Crippen LogP contribution in [-0.2, 0) is 4.79 Å². The number of aliphatic imine (C=N–C) groups is 1. The van der Waals surface area contributed by atoms with Gasteiger partial charge in [-0.2, -0.15) is 13.2 Å². The molecule has 2 N–H and O–H groups in total. The second kappa shape index (κ2) is 12.5. The molecule has 0 aromatic heterocycles. The van der Waals surface area contributed by atoms with E-state index in [9.17, 15) is 18.0 Å². The van der Waals surface area contributed by atoms with E-state index in [2.05, 4.69) is 22.2 Å². The molecule has 0 aliphatic rings. The first-order chi connectivity index (χ1) is 9.76. The van der Waals surface area contributed by atoms with E-state index >= 15 is 0 Å². The molecule has 0 radical (unpaired) electrons. The molecule has 0 saturated carbocycles. The Hall–Kier alpha value is -1.00. The minimum atomic E-state index is -4.11. The van der Waals surface area contributed by atoms with Crippen molar-refractivity contribution in [1.29, 1.82) is 0 Å². The largest absolute Gasteiger partial charge is 0.389 e. The highest BCUT2D eigenvalue weighted by atomic mass is 127. The predicted molar refractivity (Wildman–Crippen MR) is 92.5 cm³/mol. The average Bonchev–Trinajstić information content (AvgIpc) is 2.38. The lowest BCUT2D eigenvalue weighted by atomic mass is 10.2. The number of hydrogen-bond donors (Lipinski definition) is 2. The number of amides is 1. The molecule has 0 unspecified atom stereocenters. The van der Waals surface area contributed by atoms with Crippen molar-refractivity contribution in [2.75, 3.05) is 33.7 Å². The summed E-state index contributed by atoms with van der Waals surface area (Å²) in [6.45, 7) is 4.33. The SMILES string of the molecule is C=CCNC(=NCC(=O)N(C)C)NCCCCC(F)(F)F.I. The van der Waals surface area contributed by atoms with Crippen molar-refractivity contribution in [3.8, 4) is 0 Å². The number of nitrogens with one attached hydrogen (secondary N) is 2. The van der Waals surface area contributed by atoms with E-state index in [-0.39, 0.29) is 42.8 Å². The van der Waals surface area contributed by atoms with Crippen molar-refractivity contribution in [3.05, 3.63) is 12.7 Å². The second-order valence-corrected chi connectivity index (χ2v) is 4.62. The molecule has 5 nitrogen and oxygen atoms in total. The van der Waals surface area contributed by atoms with Gasteiger partial charge in [0.05, 0.1) is 0 Å². The summed E-state index contributed by atoms with van der Waals surface area (Å²) >= 11 is 0. The number of guanidine groups is 1. The number of rotatable bonds is 8. The summed E-state index contributed by atoms with van der Waals surface area (Å²) in [5.74, 6) is 0.226. The quantitative estimate of drug-likeness (QED) is 0.202. The number of hydrogen-bond acceptors (Lipinski definition) is 2. The van der Waals surface area contributed by atoms with E-state index in [0.717, 1.165) is 0 Å². The van der Waals surface area contributed by atoms with Crippen LogP contribution in [0.5, 0.6) is 0 Å². The molecule has 22 heavy (non-hydrogen) atoms. The molecule has 0 atom stereocenters. The summed E-state index contributed by atoms with van der Waals surface area (Å²) in [5.41, 5.74) is 0. The molecule has 0 spiro atoms. The average molecular weight is 436 g/mol. The van der Waals surface area contributed by atoms with Crippen LogP contribution >= 0.6 is 24.0 Å². The maximum atomic E-state index is 12.0. The first kappa shape index (κ1) is 23.3. The van der Waals surface area contributed by atoms with Crippen LogP contribution in [0.4, 0.5) is 13.2 Å². The van der Waals surface area contributed by atoms with Gasteiger partial charge in [0.1, 0.15) is 6.54 Å². The van der Waals surface area contributed by atoms with E-state index in [1.54, 1.807) is 20.2 Å². The molecular weight excluding hydrogens is 412 g/mol. The predicted octanol–water partition coefficient (Wildman–Crippen LogP) is 2.15. The van der Waals surface area contributed by atoms with Gasteiger partial charge < -0.3 is 15.5 Å². The molecular formula is C13H24F3IN4O. The molecule has 130 valence electrons. The van der Waals surface area contributed by atoms with Crippen LogP contribution in [0.25, 0.3) is 0 Å². The fraction of sp³-hybridized carbons (Fsp3) is 0.692. The van der Waals surface area contributed by atoms with Crippen molar-refractivity contribution in [2.45, 2.75) is 25.4 Å². The zero-order valence-electron chi connectivity index (χ0n) is 12.9. The van der Waals surface area contributed by atoms with Crippen molar-refractivity contribution in [2.24, 2.45) is 4.99 Å². The first-order valence-corrected chi connectivity index (χ1v) is 6.66. The van der Waals surface area contributed by atoms with E-state index in [4.69, 9.17) is 0 Å². The third-order valence-corrected chi connectivity index (χ3v) is 2.46. The number of alkyl halides is 3. The normalized spacial score (nSPS) is 11.4. The zero-order valence-corrected chi connectivity index (χ0v) is 15.2. The molecule has 0 heterocycles. The lowest BCUT2D eigenvalue weighted by Crippen LogP contribution is -2.39. The van der Waals surface area contributed by atoms with Gasteiger partial charge in [-0.3, -0.25) is 4.79 Å². The summed E-state index contributed by atoms with van der Waals surface area (Å²) in [4.78, 5) is 16.9. The summed E-state index contributed by atoms with van der Waals surface area (Å²) < 4.78 is 36.0. The Morgan fingerprint density at radius 1 is 1.27 bits per heavy atom. The number of likely N-dealkylation sites (N-methyl/N-ethyl adjacent to an activating group) is 1. The highest BCUT2D eigenvalue weighted by molar-refractivity contribution is 14.0. The maximum Gasteiger partial charge on any atom is 0.389 e. The van der Waals surface area contributed by atoms with Gasteiger partial charge in [0.25, 0.3) is 0 Å². The Morgan fingerprint density at radius 3 is 2.41 bits per heavy atom. The van der Waals surface area contributed by atoms with Crippen LogP contribution in [0.15, 0.2) is 17.6 Å². The maximum absolute atomic E-state index is 12.0. The van der Waals surface area contributed by atoms with Gasteiger partial charge in [-0.05, 0) is 12.8 Å². The lowest BCUT2D eigenvalue weighted by Gasteiger charge is -2.13. The molecule has 0 fully saturated rings. The van der Waals surface area contributed by atoms with Crippen molar-refractivity contribution in [1.82, 2.24) is 15.5 Å². The minimum absolute atomic E-state index is 0. The third-order valence-electron chi connectivity index (χ3n) is 2.46. The van der Waals surface area contributed by atoms with Gasteiger partial charge in [0, 0.05) is 33.6 Å². The molecule has 0 aromatic carbocycles. The number of carbonyl (C=O) groups excluding carboxylic acids is 1. The molecule has 9 heteroatoms. The van der Waals surface area contributed by atoms with E-state index in [0.29, 0.717) is 25.5 Å². The molecule has 0 bridgehead atoms. The highest BCUT2D eigenvalue weighted by Crippen LogP contribution is 2.21. The van der Waals surface area contributed by atoms with E-state index < -0.39 is 12.6 Å². The standard InChI is InChI=1S/C13H23F3N4O.HI/c1-4-8-17-12(19-10-11(21)20(2)3)18-9-6-5-7-13(14,15)16;/h4H,1,5-10H2,2-3H3,(H2,17,18,19);1H. The van der Waals surface area contributed by atoms with Gasteiger partial charge in [0.2, 0.25) is 5.91 Å². The number of carbonyl (C=O) groups is 1. The molecule has 0 aliphatic carbocycles. The van der Waals surface area contributed by atoms with Crippen molar-refractivity contribution >= 4 is 35.8 Å². The summed E-state index contributed by atoms with van der Waals surface area (Å²) in [6, 6.07) is 0. The summed E-state index contributed by atoms with van der Waals surface area (Å²) in [7, 11) is 3.25. The molecule has 0 rings (SSSR count). The number of unbranched alkanes of at least 4 members (excludes halogenated alkanes) is 1. The van der Waals surface area contributed by atoms with Gasteiger partial charge >= 0.3 is 6.18 Å². The van der Waals surface area contributed by atoms with Crippen LogP contribution < -0.4 is 10.6 Å². The Kier molecular flexibility index (Phi) is 13.3. The first-order valence-electron chi connectivity index (χ1n) is 6.66. The minimum Gasteiger partial charge on any atom is -0.356 e. The smallest absolute Gasteiger partial charge is 0.356 e. The number of nitrogens with zero attached hydrogens (tertiary/aromatic N) is 2. The van der Waals surface area contributed by atoms with Crippen LogP contribution in [-0.4, -0.2) is 56.7 Å². The van der Waals surface area contributed by atoms with Crippen molar-refractivity contribution in [3.63, 3.8) is 0 Å². The third kappa shape index (κ3) is 14.0. The summed E-state index contributed by atoms with van der Waals surface area (Å²) in [5, 5.41) is 5.79. The van der Waals surface area contributed by atoms with Gasteiger partial charge in [0.15, 0.2) is 5.96 Å². The fourth-order valence-electron chi connectivity index (χ4n) is 1.29. The van der Waals surface area contributed by atoms with Crippen LogP contribution in [0.1, 0.15) is 19.3 Å². The Balaban J connectivity index is 0. The van der Waals surface area contributed by atoms with Gasteiger partial charge in [-0.1, -0.05) is 6.08 Å². The fourth-order valence-corrected chi connectivity index (χ4v) is 1.29. The van der Waals surface area contributed by atoms with Crippen LogP contribution in [0.3, 0.4) is 0 Å². The van der Waals surface area contributed by atoms with Crippen LogP contribution in [0.2, 0.25) is 0 Å². The van der Waals surface area contributed by atoms with Crippen LogP contribution in [0, 0.1) is 0 Å². The molecule has 1 amide bonds. The summed E-state index contributed by atoms with van der Waals surface area (Å²) in [6.07, 6.45) is -2.86. The Labute approximate surface area is 146 Å².